The van der Waals surface area contributed by atoms with Crippen LogP contribution in [-0.2, 0) is 19.5 Å². The first kappa shape index (κ1) is 15.9. The third-order valence-electron chi connectivity index (χ3n) is 3.07. The highest BCUT2D eigenvalue weighted by Crippen LogP contribution is 2.26. The van der Waals surface area contributed by atoms with Crippen molar-refractivity contribution < 1.29 is 0 Å². The molecule has 2 rings (SSSR count). The fraction of sp³-hybridized carbons (Fsp3) is 0.357. The Morgan fingerprint density at radius 2 is 2.05 bits per heavy atom. The summed E-state index contributed by atoms with van der Waals surface area (Å²) in [4.78, 5) is 0. The number of anilines is 1. The lowest BCUT2D eigenvalue weighted by molar-refractivity contribution is 0.619. The maximum Gasteiger partial charge on any atom is 0.0868 e. The Hall–Kier alpha value is -0.460. The Kier molecular flexibility index (Phi) is 5.57. The molecule has 20 heavy (non-hydrogen) atoms. The number of hydrogen-bond acceptors (Lipinski definition) is 2. The van der Waals surface area contributed by atoms with Gasteiger partial charge in [0, 0.05) is 10.1 Å². The van der Waals surface area contributed by atoms with E-state index in [1.54, 1.807) is 0 Å². The molecular formula is C14H16Cl2IN3. The van der Waals surface area contributed by atoms with E-state index in [-0.39, 0.29) is 0 Å². The van der Waals surface area contributed by atoms with Crippen LogP contribution in [0.3, 0.4) is 0 Å². The highest BCUT2D eigenvalue weighted by Gasteiger charge is 2.14. The number of halogens is 3. The third-order valence-corrected chi connectivity index (χ3v) is 4.49. The van der Waals surface area contributed by atoms with Crippen molar-refractivity contribution in [1.82, 2.24) is 9.78 Å². The molecule has 108 valence electrons. The van der Waals surface area contributed by atoms with E-state index in [1.165, 1.54) is 0 Å². The van der Waals surface area contributed by atoms with Crippen LogP contribution in [0, 0.1) is 3.57 Å². The normalized spacial score (nSPS) is 10.8. The summed E-state index contributed by atoms with van der Waals surface area (Å²) in [6, 6.07) is 5.93. The Morgan fingerprint density at radius 1 is 1.30 bits per heavy atom. The second kappa shape index (κ2) is 7.00. The molecule has 6 heteroatoms. The fourth-order valence-electron chi connectivity index (χ4n) is 2.00. The average molecular weight is 424 g/mol. The van der Waals surface area contributed by atoms with Crippen molar-refractivity contribution in [3.8, 4) is 0 Å². The summed E-state index contributed by atoms with van der Waals surface area (Å²) in [5.41, 5.74) is 2.85. The summed E-state index contributed by atoms with van der Waals surface area (Å²) < 4.78 is 3.05. The zero-order valence-corrected chi connectivity index (χ0v) is 15.1. The van der Waals surface area contributed by atoms with Gasteiger partial charge in [-0.05, 0) is 54.1 Å². The van der Waals surface area contributed by atoms with Crippen LogP contribution in [0.4, 0.5) is 5.69 Å². The Labute approximate surface area is 142 Å². The zero-order chi connectivity index (χ0) is 14.7. The Bertz CT molecular complexity index is 611. The van der Waals surface area contributed by atoms with Crippen LogP contribution in [0.5, 0.6) is 0 Å². The summed E-state index contributed by atoms with van der Waals surface area (Å²) in [6.07, 6.45) is 0.836. The predicted molar refractivity (Wildman–Crippen MR) is 93.8 cm³/mol. The molecule has 0 fully saturated rings. The molecule has 1 N–H and O–H groups in total. The lowest BCUT2D eigenvalue weighted by Gasteiger charge is -2.10. The smallest absolute Gasteiger partial charge is 0.0868 e. The van der Waals surface area contributed by atoms with Crippen molar-refractivity contribution in [2.45, 2.75) is 33.4 Å². The number of aromatic nitrogens is 2. The molecule has 0 aliphatic carbocycles. The van der Waals surface area contributed by atoms with Gasteiger partial charge in [-0.15, -0.1) is 0 Å². The zero-order valence-electron chi connectivity index (χ0n) is 11.4. The van der Waals surface area contributed by atoms with Crippen molar-refractivity contribution >= 4 is 51.5 Å². The summed E-state index contributed by atoms with van der Waals surface area (Å²) >= 11 is 14.8. The van der Waals surface area contributed by atoms with Gasteiger partial charge in [-0.3, -0.25) is 4.68 Å². The van der Waals surface area contributed by atoms with Crippen molar-refractivity contribution in [2.75, 3.05) is 5.32 Å². The second-order valence-electron chi connectivity index (χ2n) is 4.35. The molecular weight excluding hydrogens is 408 g/mol. The van der Waals surface area contributed by atoms with Gasteiger partial charge >= 0.3 is 0 Å². The van der Waals surface area contributed by atoms with Crippen molar-refractivity contribution in [3.63, 3.8) is 0 Å². The molecule has 0 amide bonds. The summed E-state index contributed by atoms with van der Waals surface area (Å²) in [5, 5.41) is 9.30. The van der Waals surface area contributed by atoms with E-state index < -0.39 is 0 Å². The molecule has 3 nitrogen and oxygen atoms in total. The van der Waals surface area contributed by atoms with Crippen LogP contribution in [0.2, 0.25) is 10.0 Å². The number of nitrogens with one attached hydrogen (secondary N) is 1. The standard InChI is InChI=1S/C14H16Cl2IN3/c1-3-11-14(16)13(20(4-2)19-11)8-18-12-6-5-9(17)7-10(12)15/h5-7,18H,3-4,8H2,1-2H3. The average Bonchev–Trinajstić information content (AvgIpc) is 2.74. The van der Waals surface area contributed by atoms with Crippen LogP contribution in [0.25, 0.3) is 0 Å². The minimum atomic E-state index is 0.611. The van der Waals surface area contributed by atoms with E-state index in [4.69, 9.17) is 23.2 Å². The minimum Gasteiger partial charge on any atom is -0.378 e. The quantitative estimate of drug-likeness (QED) is 0.686. The van der Waals surface area contributed by atoms with Gasteiger partial charge in [0.05, 0.1) is 33.7 Å². The number of rotatable bonds is 5. The molecule has 1 heterocycles. The van der Waals surface area contributed by atoms with Crippen LogP contribution < -0.4 is 5.32 Å². The maximum atomic E-state index is 6.38. The molecule has 0 spiro atoms. The summed E-state index contributed by atoms with van der Waals surface area (Å²) in [6.45, 7) is 5.53. The molecule has 0 aliphatic heterocycles. The van der Waals surface area contributed by atoms with Gasteiger partial charge in [0.15, 0.2) is 0 Å². The van der Waals surface area contributed by atoms with Crippen molar-refractivity contribution in [2.24, 2.45) is 0 Å². The van der Waals surface area contributed by atoms with Gasteiger partial charge in [0.2, 0.25) is 0 Å². The molecule has 1 aromatic heterocycles. The molecule has 0 radical (unpaired) electrons. The first-order chi connectivity index (χ1) is 9.56. The van der Waals surface area contributed by atoms with Gasteiger partial charge in [0.25, 0.3) is 0 Å². The highest BCUT2D eigenvalue weighted by molar-refractivity contribution is 14.1. The van der Waals surface area contributed by atoms with Gasteiger partial charge in [-0.1, -0.05) is 30.1 Å². The Morgan fingerprint density at radius 3 is 2.65 bits per heavy atom. The minimum absolute atomic E-state index is 0.611. The molecule has 0 saturated heterocycles. The van der Waals surface area contributed by atoms with E-state index in [1.807, 2.05) is 22.9 Å². The molecule has 0 saturated carbocycles. The largest absolute Gasteiger partial charge is 0.378 e. The van der Waals surface area contributed by atoms with Gasteiger partial charge < -0.3 is 5.32 Å². The van der Waals surface area contributed by atoms with Crippen LogP contribution in [0.1, 0.15) is 25.2 Å². The van der Waals surface area contributed by atoms with E-state index >= 15 is 0 Å². The van der Waals surface area contributed by atoms with Crippen LogP contribution in [-0.4, -0.2) is 9.78 Å². The van der Waals surface area contributed by atoms with Crippen LogP contribution >= 0.6 is 45.8 Å². The molecule has 0 bridgehead atoms. The van der Waals surface area contributed by atoms with E-state index in [2.05, 4.69) is 46.9 Å². The Balaban J connectivity index is 2.20. The SMILES string of the molecule is CCc1nn(CC)c(CNc2ccc(I)cc2Cl)c1Cl. The monoisotopic (exact) mass is 423 g/mol. The molecule has 2 aromatic rings. The van der Waals surface area contributed by atoms with E-state index in [9.17, 15) is 0 Å². The summed E-state index contributed by atoms with van der Waals surface area (Å²) in [7, 11) is 0. The number of hydrogen-bond donors (Lipinski definition) is 1. The summed E-state index contributed by atoms with van der Waals surface area (Å²) in [5.74, 6) is 0. The maximum absolute atomic E-state index is 6.38. The molecule has 0 aliphatic rings. The highest BCUT2D eigenvalue weighted by atomic mass is 127. The fourth-order valence-corrected chi connectivity index (χ4v) is 3.26. The second-order valence-corrected chi connectivity index (χ2v) is 6.39. The van der Waals surface area contributed by atoms with Crippen molar-refractivity contribution in [3.05, 3.63) is 43.2 Å². The third kappa shape index (κ3) is 3.40. The van der Waals surface area contributed by atoms with Crippen LogP contribution in [0.15, 0.2) is 18.2 Å². The lowest BCUT2D eigenvalue weighted by Crippen LogP contribution is -2.08. The number of nitrogens with zero attached hydrogens (tertiary/aromatic N) is 2. The van der Waals surface area contributed by atoms with Gasteiger partial charge in [-0.2, -0.15) is 5.10 Å². The first-order valence-electron chi connectivity index (χ1n) is 6.49. The van der Waals surface area contributed by atoms with Gasteiger partial charge in [-0.25, -0.2) is 0 Å². The topological polar surface area (TPSA) is 29.9 Å². The van der Waals surface area contributed by atoms with E-state index in [0.717, 1.165) is 38.6 Å². The predicted octanol–water partition coefficient (Wildman–Crippen LogP) is 4.99. The lowest BCUT2D eigenvalue weighted by atomic mass is 10.2. The number of benzene rings is 1. The van der Waals surface area contributed by atoms with Crippen molar-refractivity contribution in [1.29, 1.82) is 0 Å². The number of aryl methyl sites for hydroxylation is 2. The van der Waals surface area contributed by atoms with E-state index in [0.29, 0.717) is 11.6 Å². The molecule has 0 unspecified atom stereocenters. The molecule has 0 atom stereocenters. The first-order valence-corrected chi connectivity index (χ1v) is 8.33. The van der Waals surface area contributed by atoms with Gasteiger partial charge in [0.1, 0.15) is 0 Å². The molecule has 1 aromatic carbocycles.